The molecule has 2 aromatic carbocycles. The molecule has 0 saturated heterocycles. The van der Waals surface area contributed by atoms with Gasteiger partial charge in [-0.2, -0.15) is 15.0 Å². The summed E-state index contributed by atoms with van der Waals surface area (Å²) in [5.74, 6) is 1.37. The van der Waals surface area contributed by atoms with Gasteiger partial charge in [0.1, 0.15) is 11.4 Å². The Morgan fingerprint density at radius 1 is 0.793 bits per heavy atom. The molecule has 0 bridgehead atoms. The average Bonchev–Trinajstić information content (AvgIpc) is 3.34. The van der Waals surface area contributed by atoms with Crippen molar-refractivity contribution < 1.29 is 4.42 Å². The first-order chi connectivity index (χ1) is 14.2. The fraction of sp³-hybridized carbons (Fsp3) is 0.304. The lowest BCUT2D eigenvalue weighted by Crippen LogP contribution is -1.92. The number of nitrogens with zero attached hydrogens (tertiary/aromatic N) is 5. The molecule has 29 heavy (non-hydrogen) atoms. The van der Waals surface area contributed by atoms with E-state index in [1.54, 1.807) is 4.80 Å². The van der Waals surface area contributed by atoms with E-state index < -0.39 is 0 Å². The molecular weight excluding hydrogens is 362 g/mol. The lowest BCUT2D eigenvalue weighted by Gasteiger charge is -2.05. The predicted molar refractivity (Wildman–Crippen MR) is 112 cm³/mol. The third-order valence-electron chi connectivity index (χ3n) is 4.89. The van der Waals surface area contributed by atoms with Crippen molar-refractivity contribution in [3.63, 3.8) is 0 Å². The van der Waals surface area contributed by atoms with Crippen LogP contribution in [0.5, 0.6) is 0 Å². The van der Waals surface area contributed by atoms with Crippen LogP contribution in [0.2, 0.25) is 0 Å². The van der Waals surface area contributed by atoms with Crippen molar-refractivity contribution in [3.05, 3.63) is 71.9 Å². The van der Waals surface area contributed by atoms with Gasteiger partial charge in [-0.1, -0.05) is 55.0 Å². The van der Waals surface area contributed by atoms with E-state index in [9.17, 15) is 0 Å². The molecule has 0 spiro atoms. The maximum absolute atomic E-state index is 5.43. The van der Waals surface area contributed by atoms with E-state index in [-0.39, 0.29) is 0 Å². The SMILES string of the molecule is Cc1nnc(CCCCCc2cccc(-c3nn(C)nc3-c3ccccc3)c2)o1. The van der Waals surface area contributed by atoms with Crippen LogP contribution in [0.4, 0.5) is 0 Å². The molecule has 0 aliphatic rings. The van der Waals surface area contributed by atoms with Gasteiger partial charge in [0.2, 0.25) is 11.8 Å². The summed E-state index contributed by atoms with van der Waals surface area (Å²) in [6.07, 6.45) is 5.21. The summed E-state index contributed by atoms with van der Waals surface area (Å²) in [6.45, 7) is 1.82. The van der Waals surface area contributed by atoms with Crippen molar-refractivity contribution in [2.75, 3.05) is 0 Å². The molecule has 2 aromatic heterocycles. The van der Waals surface area contributed by atoms with Crippen LogP contribution in [0.25, 0.3) is 22.5 Å². The standard InChI is InChI=1S/C23H25N5O/c1-17-24-25-21(29-17)15-8-3-5-10-18-11-9-14-20(16-18)23-22(26-28(2)27-23)19-12-6-4-7-13-19/h4,6-7,9,11-14,16H,3,5,8,10,15H2,1-2H3. The van der Waals surface area contributed by atoms with Gasteiger partial charge in [-0.3, -0.25) is 0 Å². The monoisotopic (exact) mass is 387 g/mol. The van der Waals surface area contributed by atoms with Gasteiger partial charge in [0.05, 0.1) is 0 Å². The minimum absolute atomic E-state index is 0.635. The highest BCUT2D eigenvalue weighted by Crippen LogP contribution is 2.29. The molecule has 0 fully saturated rings. The highest BCUT2D eigenvalue weighted by molar-refractivity contribution is 5.77. The van der Waals surface area contributed by atoms with E-state index in [2.05, 4.69) is 56.8 Å². The molecule has 0 amide bonds. The van der Waals surface area contributed by atoms with Crippen LogP contribution >= 0.6 is 0 Å². The van der Waals surface area contributed by atoms with Crippen LogP contribution in [-0.2, 0) is 19.9 Å². The minimum atomic E-state index is 0.635. The molecule has 4 rings (SSSR count). The Labute approximate surface area is 170 Å². The molecule has 2 heterocycles. The first-order valence-electron chi connectivity index (χ1n) is 10.0. The largest absolute Gasteiger partial charge is 0.426 e. The van der Waals surface area contributed by atoms with Crippen LogP contribution in [0.15, 0.2) is 59.0 Å². The van der Waals surface area contributed by atoms with Gasteiger partial charge in [0.25, 0.3) is 0 Å². The zero-order chi connectivity index (χ0) is 20.1. The van der Waals surface area contributed by atoms with Crippen molar-refractivity contribution in [3.8, 4) is 22.5 Å². The number of aromatic nitrogens is 5. The first kappa shape index (κ1) is 19.1. The Morgan fingerprint density at radius 2 is 1.52 bits per heavy atom. The molecule has 6 heteroatoms. The van der Waals surface area contributed by atoms with E-state index in [1.165, 1.54) is 5.56 Å². The van der Waals surface area contributed by atoms with E-state index in [0.717, 1.165) is 60.5 Å². The molecule has 0 atom stereocenters. The van der Waals surface area contributed by atoms with E-state index in [4.69, 9.17) is 4.42 Å². The third kappa shape index (κ3) is 4.77. The van der Waals surface area contributed by atoms with Gasteiger partial charge < -0.3 is 4.42 Å². The normalized spacial score (nSPS) is 11.1. The van der Waals surface area contributed by atoms with Crippen LogP contribution in [0.1, 0.15) is 36.6 Å². The molecule has 0 unspecified atom stereocenters. The number of hydrogen-bond acceptors (Lipinski definition) is 5. The zero-order valence-corrected chi connectivity index (χ0v) is 16.9. The van der Waals surface area contributed by atoms with Crippen LogP contribution in [-0.4, -0.2) is 25.2 Å². The molecule has 4 aromatic rings. The third-order valence-corrected chi connectivity index (χ3v) is 4.89. The van der Waals surface area contributed by atoms with Crippen LogP contribution in [0.3, 0.4) is 0 Å². The molecular formula is C23H25N5O. The van der Waals surface area contributed by atoms with E-state index in [0.29, 0.717) is 5.89 Å². The second-order valence-electron chi connectivity index (χ2n) is 7.23. The van der Waals surface area contributed by atoms with Gasteiger partial charge in [-0.25, -0.2) is 0 Å². The Morgan fingerprint density at radius 3 is 2.28 bits per heavy atom. The minimum Gasteiger partial charge on any atom is -0.426 e. The number of rotatable bonds is 8. The highest BCUT2D eigenvalue weighted by Gasteiger charge is 2.14. The van der Waals surface area contributed by atoms with Crippen molar-refractivity contribution >= 4 is 0 Å². The maximum Gasteiger partial charge on any atom is 0.216 e. The summed E-state index contributed by atoms with van der Waals surface area (Å²) in [5, 5.41) is 17.1. The van der Waals surface area contributed by atoms with E-state index >= 15 is 0 Å². The molecule has 0 aliphatic heterocycles. The van der Waals surface area contributed by atoms with Gasteiger partial charge in [0.15, 0.2) is 0 Å². The lowest BCUT2D eigenvalue weighted by molar-refractivity contribution is 0.457. The van der Waals surface area contributed by atoms with Crippen LogP contribution < -0.4 is 0 Å². The first-order valence-corrected chi connectivity index (χ1v) is 10.0. The lowest BCUT2D eigenvalue weighted by atomic mass is 10.0. The van der Waals surface area contributed by atoms with Gasteiger partial charge in [0, 0.05) is 31.5 Å². The molecule has 0 saturated carbocycles. The molecule has 0 aliphatic carbocycles. The van der Waals surface area contributed by atoms with Crippen molar-refractivity contribution in [2.24, 2.45) is 7.05 Å². The Balaban J connectivity index is 1.40. The molecule has 148 valence electrons. The Bertz CT molecular complexity index is 1070. The smallest absolute Gasteiger partial charge is 0.216 e. The van der Waals surface area contributed by atoms with Crippen molar-refractivity contribution in [2.45, 2.75) is 39.0 Å². The molecule has 0 N–H and O–H groups in total. The topological polar surface area (TPSA) is 69.6 Å². The fourth-order valence-electron chi connectivity index (χ4n) is 3.49. The summed E-state index contributed by atoms with van der Waals surface area (Å²) in [6, 6.07) is 18.8. The Kier molecular flexibility index (Phi) is 5.79. The fourth-order valence-corrected chi connectivity index (χ4v) is 3.49. The predicted octanol–water partition coefficient (Wildman–Crippen LogP) is 4.80. The quantitative estimate of drug-likeness (QED) is 0.406. The number of benzene rings is 2. The average molecular weight is 387 g/mol. The van der Waals surface area contributed by atoms with Gasteiger partial charge in [-0.05, 0) is 30.9 Å². The summed E-state index contributed by atoms with van der Waals surface area (Å²) in [7, 11) is 1.87. The van der Waals surface area contributed by atoms with Crippen LogP contribution in [0, 0.1) is 6.92 Å². The summed E-state index contributed by atoms with van der Waals surface area (Å²) in [5.41, 5.74) is 5.35. The zero-order valence-electron chi connectivity index (χ0n) is 16.9. The highest BCUT2D eigenvalue weighted by atomic mass is 16.4. The number of unbranched alkanes of at least 4 members (excludes halogenated alkanes) is 2. The Hall–Kier alpha value is -3.28. The maximum atomic E-state index is 5.43. The summed E-state index contributed by atoms with van der Waals surface area (Å²) < 4.78 is 5.43. The van der Waals surface area contributed by atoms with Gasteiger partial charge >= 0.3 is 0 Å². The molecule has 0 radical (unpaired) electrons. The van der Waals surface area contributed by atoms with Crippen molar-refractivity contribution in [1.82, 2.24) is 25.2 Å². The van der Waals surface area contributed by atoms with Crippen molar-refractivity contribution in [1.29, 1.82) is 0 Å². The van der Waals surface area contributed by atoms with E-state index in [1.807, 2.05) is 32.2 Å². The summed E-state index contributed by atoms with van der Waals surface area (Å²) >= 11 is 0. The second-order valence-corrected chi connectivity index (χ2v) is 7.23. The number of hydrogen-bond donors (Lipinski definition) is 0. The van der Waals surface area contributed by atoms with Gasteiger partial charge in [-0.15, -0.1) is 10.2 Å². The molecule has 6 nitrogen and oxygen atoms in total. The number of aryl methyl sites for hydroxylation is 4. The second kappa shape index (κ2) is 8.82. The summed E-state index contributed by atoms with van der Waals surface area (Å²) in [4.78, 5) is 1.64.